The summed E-state index contributed by atoms with van der Waals surface area (Å²) < 4.78 is 4.88. The van der Waals surface area contributed by atoms with Gasteiger partial charge in [0, 0.05) is 6.04 Å². The van der Waals surface area contributed by atoms with Crippen LogP contribution < -0.4 is 5.32 Å². The minimum atomic E-state index is -0.127. The van der Waals surface area contributed by atoms with Gasteiger partial charge < -0.3 is 10.1 Å². The molecule has 1 aliphatic carbocycles. The number of carbonyl (C=O) groups is 1. The summed E-state index contributed by atoms with van der Waals surface area (Å²) in [6, 6.07) is 0.380. The van der Waals surface area contributed by atoms with E-state index < -0.39 is 0 Å². The van der Waals surface area contributed by atoms with E-state index in [1.54, 1.807) is 0 Å². The Bertz CT molecular complexity index is 212. The van der Waals surface area contributed by atoms with Gasteiger partial charge in [0.05, 0.1) is 7.11 Å². The smallest absolute Gasteiger partial charge is 0.323 e. The first-order chi connectivity index (χ1) is 7.69. The Labute approximate surface area is 98.9 Å². The van der Waals surface area contributed by atoms with Gasteiger partial charge in [0.2, 0.25) is 0 Å². The van der Waals surface area contributed by atoms with Crippen molar-refractivity contribution in [2.45, 2.75) is 64.5 Å². The monoisotopic (exact) mass is 227 g/mol. The van der Waals surface area contributed by atoms with Crippen molar-refractivity contribution in [1.29, 1.82) is 0 Å². The van der Waals surface area contributed by atoms with E-state index in [2.05, 4.69) is 19.2 Å². The van der Waals surface area contributed by atoms with Crippen molar-refractivity contribution in [3.05, 3.63) is 0 Å². The van der Waals surface area contributed by atoms with E-state index in [9.17, 15) is 4.79 Å². The molecule has 2 unspecified atom stereocenters. The van der Waals surface area contributed by atoms with Crippen LogP contribution in [0.5, 0.6) is 0 Å². The molecule has 0 bridgehead atoms. The van der Waals surface area contributed by atoms with E-state index >= 15 is 0 Å². The summed E-state index contributed by atoms with van der Waals surface area (Å²) >= 11 is 0. The highest BCUT2D eigenvalue weighted by Crippen LogP contribution is 2.20. The largest absolute Gasteiger partial charge is 0.468 e. The summed E-state index contributed by atoms with van der Waals surface area (Å²) in [6.07, 6.45) is 7.30. The standard InChI is InChI=1S/C13H25NO2/c1-4-10(2)12(13(15)16-3)14-11-8-6-5-7-9-11/h10-12,14H,4-9H2,1-3H3. The molecule has 0 aromatic heterocycles. The number of nitrogens with one attached hydrogen (secondary N) is 1. The maximum absolute atomic E-state index is 11.7. The molecule has 0 saturated heterocycles. The average Bonchev–Trinajstić information content (AvgIpc) is 2.35. The summed E-state index contributed by atoms with van der Waals surface area (Å²) in [7, 11) is 1.47. The summed E-state index contributed by atoms with van der Waals surface area (Å²) in [4.78, 5) is 11.7. The fourth-order valence-electron chi connectivity index (χ4n) is 2.35. The second kappa shape index (κ2) is 6.89. The fourth-order valence-corrected chi connectivity index (χ4v) is 2.35. The molecular weight excluding hydrogens is 202 g/mol. The first kappa shape index (κ1) is 13.5. The average molecular weight is 227 g/mol. The fraction of sp³-hybridized carbons (Fsp3) is 0.923. The van der Waals surface area contributed by atoms with Crippen LogP contribution in [0.2, 0.25) is 0 Å². The van der Waals surface area contributed by atoms with Gasteiger partial charge in [-0.3, -0.25) is 4.79 Å². The van der Waals surface area contributed by atoms with Crippen molar-refractivity contribution in [2.75, 3.05) is 7.11 Å². The lowest BCUT2D eigenvalue weighted by Crippen LogP contribution is -2.48. The molecular formula is C13H25NO2. The quantitative estimate of drug-likeness (QED) is 0.733. The Kier molecular flexibility index (Phi) is 5.81. The molecule has 1 fully saturated rings. The highest BCUT2D eigenvalue weighted by atomic mass is 16.5. The van der Waals surface area contributed by atoms with Gasteiger partial charge in [-0.1, -0.05) is 39.5 Å². The van der Waals surface area contributed by atoms with Gasteiger partial charge in [-0.05, 0) is 18.8 Å². The molecule has 0 aromatic carbocycles. The van der Waals surface area contributed by atoms with E-state index in [0.717, 1.165) is 6.42 Å². The van der Waals surface area contributed by atoms with Crippen LogP contribution in [0.15, 0.2) is 0 Å². The molecule has 3 heteroatoms. The molecule has 1 saturated carbocycles. The zero-order valence-electron chi connectivity index (χ0n) is 10.8. The van der Waals surface area contributed by atoms with Crippen molar-refractivity contribution < 1.29 is 9.53 Å². The summed E-state index contributed by atoms with van der Waals surface area (Å²) in [6.45, 7) is 4.22. The van der Waals surface area contributed by atoms with E-state index in [1.807, 2.05) is 0 Å². The van der Waals surface area contributed by atoms with Gasteiger partial charge in [0.25, 0.3) is 0 Å². The lowest BCUT2D eigenvalue weighted by atomic mass is 9.92. The zero-order valence-corrected chi connectivity index (χ0v) is 10.8. The van der Waals surface area contributed by atoms with Crippen molar-refractivity contribution in [1.82, 2.24) is 5.32 Å². The minimum Gasteiger partial charge on any atom is -0.468 e. The summed E-state index contributed by atoms with van der Waals surface area (Å²) in [5.74, 6) is 0.231. The lowest BCUT2D eigenvalue weighted by molar-refractivity contribution is -0.144. The van der Waals surface area contributed by atoms with Gasteiger partial charge in [0.1, 0.15) is 6.04 Å². The summed E-state index contributed by atoms with van der Waals surface area (Å²) in [5, 5.41) is 3.48. The van der Waals surface area contributed by atoms with Crippen LogP contribution in [0.3, 0.4) is 0 Å². The maximum Gasteiger partial charge on any atom is 0.323 e. The van der Waals surface area contributed by atoms with Gasteiger partial charge in [-0.15, -0.1) is 0 Å². The molecule has 94 valence electrons. The molecule has 1 N–H and O–H groups in total. The number of ether oxygens (including phenoxy) is 1. The topological polar surface area (TPSA) is 38.3 Å². The first-order valence-electron chi connectivity index (χ1n) is 6.53. The Balaban J connectivity index is 2.51. The van der Waals surface area contributed by atoms with Crippen LogP contribution in [0.4, 0.5) is 0 Å². The van der Waals surface area contributed by atoms with Crippen molar-refractivity contribution in [3.8, 4) is 0 Å². The molecule has 0 heterocycles. The number of esters is 1. The first-order valence-corrected chi connectivity index (χ1v) is 6.53. The number of methoxy groups -OCH3 is 1. The van der Waals surface area contributed by atoms with Gasteiger partial charge in [-0.25, -0.2) is 0 Å². The van der Waals surface area contributed by atoms with E-state index in [-0.39, 0.29) is 12.0 Å². The Hall–Kier alpha value is -0.570. The Morgan fingerprint density at radius 2 is 2.00 bits per heavy atom. The third-order valence-electron chi connectivity index (χ3n) is 3.69. The van der Waals surface area contributed by atoms with Gasteiger partial charge in [-0.2, -0.15) is 0 Å². The van der Waals surface area contributed by atoms with Crippen LogP contribution >= 0.6 is 0 Å². The summed E-state index contributed by atoms with van der Waals surface area (Å²) in [5.41, 5.74) is 0. The molecule has 2 atom stereocenters. The molecule has 0 spiro atoms. The number of hydrogen-bond acceptors (Lipinski definition) is 3. The molecule has 0 amide bonds. The van der Waals surface area contributed by atoms with E-state index in [0.29, 0.717) is 12.0 Å². The third kappa shape index (κ3) is 3.78. The van der Waals surface area contributed by atoms with Crippen LogP contribution in [0.25, 0.3) is 0 Å². The minimum absolute atomic E-state index is 0.111. The van der Waals surface area contributed by atoms with Crippen molar-refractivity contribution in [2.24, 2.45) is 5.92 Å². The Morgan fingerprint density at radius 3 is 2.50 bits per heavy atom. The van der Waals surface area contributed by atoms with Crippen LogP contribution in [-0.4, -0.2) is 25.2 Å². The zero-order chi connectivity index (χ0) is 12.0. The lowest BCUT2D eigenvalue weighted by Gasteiger charge is -2.29. The molecule has 1 aliphatic rings. The van der Waals surface area contributed by atoms with Crippen molar-refractivity contribution >= 4 is 5.97 Å². The highest BCUT2D eigenvalue weighted by Gasteiger charge is 2.27. The predicted molar refractivity (Wildman–Crippen MR) is 65.3 cm³/mol. The second-order valence-corrected chi connectivity index (χ2v) is 4.89. The molecule has 3 nitrogen and oxygen atoms in total. The molecule has 0 aromatic rings. The molecule has 0 radical (unpaired) electrons. The SMILES string of the molecule is CCC(C)C(NC1CCCCC1)C(=O)OC. The maximum atomic E-state index is 11.7. The van der Waals surface area contributed by atoms with Crippen molar-refractivity contribution in [3.63, 3.8) is 0 Å². The van der Waals surface area contributed by atoms with Gasteiger partial charge in [0.15, 0.2) is 0 Å². The molecule has 1 rings (SSSR count). The number of carbonyl (C=O) groups excluding carboxylic acids is 1. The van der Waals surface area contributed by atoms with Crippen LogP contribution in [0.1, 0.15) is 52.4 Å². The predicted octanol–water partition coefficient (Wildman–Crippen LogP) is 2.50. The molecule has 16 heavy (non-hydrogen) atoms. The number of rotatable bonds is 5. The van der Waals surface area contributed by atoms with Crippen LogP contribution in [-0.2, 0) is 9.53 Å². The number of hydrogen-bond donors (Lipinski definition) is 1. The normalized spacial score (nSPS) is 21.4. The highest BCUT2D eigenvalue weighted by molar-refractivity contribution is 5.76. The third-order valence-corrected chi connectivity index (χ3v) is 3.69. The molecule has 0 aliphatic heterocycles. The van der Waals surface area contributed by atoms with Crippen LogP contribution in [0, 0.1) is 5.92 Å². The van der Waals surface area contributed by atoms with Gasteiger partial charge >= 0.3 is 5.97 Å². The second-order valence-electron chi connectivity index (χ2n) is 4.89. The van der Waals surface area contributed by atoms with E-state index in [4.69, 9.17) is 4.74 Å². The Morgan fingerprint density at radius 1 is 1.38 bits per heavy atom. The van der Waals surface area contributed by atoms with E-state index in [1.165, 1.54) is 39.2 Å².